The number of carbonyl (C=O) groups is 1. The first-order chi connectivity index (χ1) is 12.1. The van der Waals surface area contributed by atoms with Crippen molar-refractivity contribution >= 4 is 22.4 Å². The van der Waals surface area contributed by atoms with E-state index in [1.165, 1.54) is 16.0 Å². The van der Waals surface area contributed by atoms with Crippen LogP contribution in [0.15, 0.2) is 4.79 Å². The number of aryl methyl sites for hydroxylation is 1. The van der Waals surface area contributed by atoms with Crippen LogP contribution >= 0.6 is 11.3 Å². The predicted molar refractivity (Wildman–Crippen MR) is 95.9 cm³/mol. The summed E-state index contributed by atoms with van der Waals surface area (Å²) >= 11 is 1.40. The highest BCUT2D eigenvalue weighted by atomic mass is 32.1. The molecule has 0 saturated carbocycles. The molecule has 1 amide bonds. The van der Waals surface area contributed by atoms with E-state index in [2.05, 4.69) is 34.5 Å². The summed E-state index contributed by atoms with van der Waals surface area (Å²) in [7, 11) is 0. The van der Waals surface area contributed by atoms with E-state index in [9.17, 15) is 9.59 Å². The van der Waals surface area contributed by atoms with Crippen molar-refractivity contribution in [2.24, 2.45) is 0 Å². The Morgan fingerprint density at radius 2 is 2.04 bits per heavy atom. The fourth-order valence-electron chi connectivity index (χ4n) is 3.11. The SMILES string of the molecule is CCC(CC)c1nnc(NC(=O)Cn2nc3n(c2=O)CCCCC3)s1. The summed E-state index contributed by atoms with van der Waals surface area (Å²) in [6.45, 7) is 4.82. The molecule has 2 aromatic heterocycles. The average Bonchev–Trinajstić information content (AvgIpc) is 3.06. The predicted octanol–water partition coefficient (Wildman–Crippen LogP) is 2.17. The van der Waals surface area contributed by atoms with Crippen LogP contribution in [0.3, 0.4) is 0 Å². The molecule has 0 saturated heterocycles. The maximum atomic E-state index is 12.4. The molecule has 0 bridgehead atoms. The number of hydrogen-bond donors (Lipinski definition) is 1. The Bertz CT molecular complexity index is 789. The summed E-state index contributed by atoms with van der Waals surface area (Å²) in [4.78, 5) is 24.6. The van der Waals surface area contributed by atoms with Crippen molar-refractivity contribution in [1.82, 2.24) is 24.5 Å². The van der Waals surface area contributed by atoms with Gasteiger partial charge in [-0.05, 0) is 25.7 Å². The van der Waals surface area contributed by atoms with Gasteiger partial charge >= 0.3 is 5.69 Å². The molecule has 3 rings (SSSR count). The first-order valence-corrected chi connectivity index (χ1v) is 9.73. The summed E-state index contributed by atoms with van der Waals surface area (Å²) in [5.74, 6) is 0.847. The first kappa shape index (κ1) is 17.8. The molecule has 0 radical (unpaired) electrons. The van der Waals surface area contributed by atoms with E-state index in [-0.39, 0.29) is 18.1 Å². The van der Waals surface area contributed by atoms with Crippen LogP contribution in [0.5, 0.6) is 0 Å². The summed E-state index contributed by atoms with van der Waals surface area (Å²) < 4.78 is 2.94. The summed E-state index contributed by atoms with van der Waals surface area (Å²) in [6, 6.07) is 0. The van der Waals surface area contributed by atoms with E-state index in [0.29, 0.717) is 17.6 Å². The minimum absolute atomic E-state index is 0.0985. The van der Waals surface area contributed by atoms with Gasteiger partial charge in [-0.25, -0.2) is 9.48 Å². The molecule has 2 aromatic rings. The lowest BCUT2D eigenvalue weighted by molar-refractivity contribution is -0.117. The van der Waals surface area contributed by atoms with Gasteiger partial charge in [-0.1, -0.05) is 31.6 Å². The van der Waals surface area contributed by atoms with Crippen molar-refractivity contribution in [3.8, 4) is 0 Å². The van der Waals surface area contributed by atoms with Crippen molar-refractivity contribution in [3.63, 3.8) is 0 Å². The number of hydrogen-bond acceptors (Lipinski definition) is 6. The van der Waals surface area contributed by atoms with Crippen molar-refractivity contribution in [2.75, 3.05) is 5.32 Å². The van der Waals surface area contributed by atoms with Crippen molar-refractivity contribution in [2.45, 2.75) is 71.4 Å². The molecule has 0 aromatic carbocycles. The van der Waals surface area contributed by atoms with Gasteiger partial charge in [0.2, 0.25) is 11.0 Å². The van der Waals surface area contributed by atoms with E-state index in [0.717, 1.165) is 49.4 Å². The Kier molecular flexibility index (Phi) is 5.62. The van der Waals surface area contributed by atoms with E-state index in [4.69, 9.17) is 0 Å². The lowest BCUT2D eigenvalue weighted by Crippen LogP contribution is -2.30. The number of fused-ring (bicyclic) bond motifs is 1. The van der Waals surface area contributed by atoms with Crippen LogP contribution in [-0.4, -0.2) is 30.5 Å². The van der Waals surface area contributed by atoms with Crippen LogP contribution in [0, 0.1) is 0 Å². The molecular formula is C16H24N6O2S. The quantitative estimate of drug-likeness (QED) is 0.847. The van der Waals surface area contributed by atoms with Gasteiger partial charge in [0.15, 0.2) is 0 Å². The molecule has 9 heteroatoms. The molecule has 0 spiro atoms. The fraction of sp³-hybridized carbons (Fsp3) is 0.688. The second kappa shape index (κ2) is 7.90. The molecule has 136 valence electrons. The normalized spacial score (nSPS) is 14.4. The van der Waals surface area contributed by atoms with E-state index in [1.54, 1.807) is 4.57 Å². The molecular weight excluding hydrogens is 340 g/mol. The molecule has 8 nitrogen and oxygen atoms in total. The third-order valence-electron chi connectivity index (χ3n) is 4.60. The van der Waals surface area contributed by atoms with Crippen LogP contribution in [0.4, 0.5) is 5.13 Å². The Hall–Kier alpha value is -2.03. The number of amides is 1. The standard InChI is InChI=1S/C16H24N6O2S/c1-3-11(4-2)14-18-19-15(25-14)17-13(23)10-22-16(24)21-9-7-5-6-8-12(21)20-22/h11H,3-10H2,1-2H3,(H,17,19,23). The molecule has 1 aliphatic heterocycles. The first-order valence-electron chi connectivity index (χ1n) is 8.92. The number of anilines is 1. The summed E-state index contributed by atoms with van der Waals surface area (Å²) in [6.07, 6.45) is 5.90. The zero-order valence-corrected chi connectivity index (χ0v) is 15.5. The molecule has 0 atom stereocenters. The molecule has 25 heavy (non-hydrogen) atoms. The largest absolute Gasteiger partial charge is 0.346 e. The second-order valence-corrected chi connectivity index (χ2v) is 7.33. The Labute approximate surface area is 150 Å². The van der Waals surface area contributed by atoms with Gasteiger partial charge in [0, 0.05) is 18.9 Å². The van der Waals surface area contributed by atoms with Gasteiger partial charge in [0.1, 0.15) is 17.4 Å². The average molecular weight is 364 g/mol. The van der Waals surface area contributed by atoms with Crippen LogP contribution in [0.25, 0.3) is 0 Å². The van der Waals surface area contributed by atoms with Gasteiger partial charge in [-0.3, -0.25) is 14.7 Å². The molecule has 1 aliphatic rings. The monoisotopic (exact) mass is 364 g/mol. The maximum absolute atomic E-state index is 12.4. The molecule has 0 aliphatic carbocycles. The number of rotatable bonds is 6. The Morgan fingerprint density at radius 1 is 1.24 bits per heavy atom. The minimum Gasteiger partial charge on any atom is -0.299 e. The van der Waals surface area contributed by atoms with E-state index in [1.807, 2.05) is 0 Å². The zero-order chi connectivity index (χ0) is 17.8. The number of nitrogens with zero attached hydrogens (tertiary/aromatic N) is 5. The van der Waals surface area contributed by atoms with Gasteiger partial charge in [0.25, 0.3) is 0 Å². The minimum atomic E-state index is -0.303. The smallest absolute Gasteiger partial charge is 0.299 e. The highest BCUT2D eigenvalue weighted by Crippen LogP contribution is 2.27. The molecule has 1 N–H and O–H groups in total. The zero-order valence-electron chi connectivity index (χ0n) is 14.7. The summed E-state index contributed by atoms with van der Waals surface area (Å²) in [5, 5.41) is 16.7. The lowest BCUT2D eigenvalue weighted by Gasteiger charge is -2.05. The fourth-order valence-corrected chi connectivity index (χ4v) is 4.14. The van der Waals surface area contributed by atoms with E-state index < -0.39 is 0 Å². The summed E-state index contributed by atoms with van der Waals surface area (Å²) in [5.41, 5.74) is -0.206. The molecule has 0 fully saturated rings. The van der Waals surface area contributed by atoms with Gasteiger partial charge < -0.3 is 0 Å². The Balaban J connectivity index is 1.66. The van der Waals surface area contributed by atoms with Crippen LogP contribution < -0.4 is 11.0 Å². The van der Waals surface area contributed by atoms with Gasteiger partial charge in [-0.15, -0.1) is 10.2 Å². The number of aromatic nitrogens is 5. The Morgan fingerprint density at radius 3 is 2.80 bits per heavy atom. The van der Waals surface area contributed by atoms with Crippen molar-refractivity contribution in [3.05, 3.63) is 21.3 Å². The molecule has 3 heterocycles. The van der Waals surface area contributed by atoms with Crippen LogP contribution in [0.2, 0.25) is 0 Å². The highest BCUT2D eigenvalue weighted by Gasteiger charge is 2.18. The van der Waals surface area contributed by atoms with E-state index >= 15 is 0 Å². The number of nitrogens with one attached hydrogen (secondary N) is 1. The lowest BCUT2D eigenvalue weighted by atomic mass is 10.1. The second-order valence-electron chi connectivity index (χ2n) is 6.33. The van der Waals surface area contributed by atoms with Gasteiger partial charge in [0.05, 0.1) is 0 Å². The topological polar surface area (TPSA) is 94.7 Å². The van der Waals surface area contributed by atoms with Crippen molar-refractivity contribution in [1.29, 1.82) is 0 Å². The third-order valence-corrected chi connectivity index (χ3v) is 5.60. The third kappa shape index (κ3) is 3.97. The van der Waals surface area contributed by atoms with Gasteiger partial charge in [-0.2, -0.15) is 5.10 Å². The highest BCUT2D eigenvalue weighted by molar-refractivity contribution is 7.15. The van der Waals surface area contributed by atoms with Crippen molar-refractivity contribution < 1.29 is 4.79 Å². The van der Waals surface area contributed by atoms with Crippen LogP contribution in [-0.2, 0) is 24.3 Å². The molecule has 0 unspecified atom stereocenters. The van der Waals surface area contributed by atoms with Crippen LogP contribution in [0.1, 0.15) is 62.7 Å². The number of carbonyl (C=O) groups excluding carboxylic acids is 1. The maximum Gasteiger partial charge on any atom is 0.346 e.